The lowest BCUT2D eigenvalue weighted by Crippen LogP contribution is -2.19. The molecule has 1 aliphatic rings. The number of esters is 1. The highest BCUT2D eigenvalue weighted by molar-refractivity contribution is 7.20. The highest BCUT2D eigenvalue weighted by Crippen LogP contribution is 2.35. The first-order valence-electron chi connectivity index (χ1n) is 5.83. The number of fused-ring (bicyclic) bond motifs is 3. The molecule has 0 aromatic carbocycles. The molecule has 2 aromatic heterocycles. The number of aryl methyl sites for hydroxylation is 1. The third-order valence-electron chi connectivity index (χ3n) is 3.26. The predicted octanol–water partition coefficient (Wildman–Crippen LogP) is 1.81. The van der Waals surface area contributed by atoms with Crippen molar-refractivity contribution in [3.63, 3.8) is 0 Å². The first kappa shape index (κ1) is 11.6. The topological polar surface area (TPSA) is 78.1 Å². The summed E-state index contributed by atoms with van der Waals surface area (Å²) in [5.74, 6) is -0.337. The Morgan fingerprint density at radius 3 is 3.17 bits per heavy atom. The van der Waals surface area contributed by atoms with Crippen LogP contribution in [0.3, 0.4) is 0 Å². The summed E-state index contributed by atoms with van der Waals surface area (Å²) < 4.78 is 4.73. The molecule has 18 heavy (non-hydrogen) atoms. The summed E-state index contributed by atoms with van der Waals surface area (Å²) in [5.41, 5.74) is 8.17. The van der Waals surface area contributed by atoms with E-state index in [0.717, 1.165) is 40.7 Å². The van der Waals surface area contributed by atoms with Gasteiger partial charge in [-0.15, -0.1) is 16.4 Å². The maximum absolute atomic E-state index is 11.5. The van der Waals surface area contributed by atoms with Gasteiger partial charge in [0.05, 0.1) is 12.8 Å². The summed E-state index contributed by atoms with van der Waals surface area (Å²) in [7, 11) is 1.37. The summed E-state index contributed by atoms with van der Waals surface area (Å²) in [6.07, 6.45) is 2.91. The SMILES string of the molecule is COC(=O)c1cc2c3c(nnc2s1)CCCC3N. The lowest BCUT2D eigenvalue weighted by atomic mass is 9.90. The Morgan fingerprint density at radius 2 is 2.39 bits per heavy atom. The van der Waals surface area contributed by atoms with Crippen molar-refractivity contribution in [3.05, 3.63) is 22.2 Å². The van der Waals surface area contributed by atoms with Crippen LogP contribution in [0.4, 0.5) is 0 Å². The van der Waals surface area contributed by atoms with E-state index < -0.39 is 0 Å². The van der Waals surface area contributed by atoms with Gasteiger partial charge in [0.1, 0.15) is 9.71 Å². The van der Waals surface area contributed by atoms with Gasteiger partial charge in [-0.3, -0.25) is 0 Å². The van der Waals surface area contributed by atoms with E-state index in [-0.39, 0.29) is 12.0 Å². The Balaban J connectivity index is 2.22. The fraction of sp³-hybridized carbons (Fsp3) is 0.417. The quantitative estimate of drug-likeness (QED) is 0.794. The van der Waals surface area contributed by atoms with Crippen molar-refractivity contribution in [1.82, 2.24) is 10.2 Å². The van der Waals surface area contributed by atoms with Crippen LogP contribution in [0.25, 0.3) is 10.2 Å². The van der Waals surface area contributed by atoms with Crippen molar-refractivity contribution in [2.75, 3.05) is 7.11 Å². The minimum absolute atomic E-state index is 0.00755. The molecule has 0 radical (unpaired) electrons. The minimum Gasteiger partial charge on any atom is -0.465 e. The molecule has 2 heterocycles. The second-order valence-corrected chi connectivity index (χ2v) is 5.41. The van der Waals surface area contributed by atoms with Gasteiger partial charge in [-0.1, -0.05) is 0 Å². The fourth-order valence-electron chi connectivity index (χ4n) is 2.40. The van der Waals surface area contributed by atoms with Crippen LogP contribution in [-0.4, -0.2) is 23.3 Å². The van der Waals surface area contributed by atoms with Gasteiger partial charge in [0, 0.05) is 17.0 Å². The molecule has 5 nitrogen and oxygen atoms in total. The average molecular weight is 263 g/mol. The van der Waals surface area contributed by atoms with Gasteiger partial charge in [-0.25, -0.2) is 4.79 Å². The molecule has 0 bridgehead atoms. The van der Waals surface area contributed by atoms with Crippen LogP contribution in [-0.2, 0) is 11.2 Å². The summed E-state index contributed by atoms with van der Waals surface area (Å²) in [6.45, 7) is 0. The molecule has 0 aliphatic heterocycles. The van der Waals surface area contributed by atoms with Crippen LogP contribution in [0.5, 0.6) is 0 Å². The zero-order chi connectivity index (χ0) is 12.7. The van der Waals surface area contributed by atoms with E-state index in [0.29, 0.717) is 4.88 Å². The molecule has 1 unspecified atom stereocenters. The van der Waals surface area contributed by atoms with Gasteiger partial charge in [0.15, 0.2) is 0 Å². The highest BCUT2D eigenvalue weighted by Gasteiger charge is 2.23. The second-order valence-electron chi connectivity index (χ2n) is 4.38. The Kier molecular flexibility index (Phi) is 2.76. The van der Waals surface area contributed by atoms with Gasteiger partial charge in [-0.2, -0.15) is 5.10 Å². The molecular weight excluding hydrogens is 250 g/mol. The van der Waals surface area contributed by atoms with E-state index in [1.165, 1.54) is 18.4 Å². The Morgan fingerprint density at radius 1 is 1.56 bits per heavy atom. The Bertz CT molecular complexity index is 623. The lowest BCUT2D eigenvalue weighted by Gasteiger charge is -2.21. The molecule has 1 aliphatic carbocycles. The number of aromatic nitrogens is 2. The van der Waals surface area contributed by atoms with Gasteiger partial charge in [-0.05, 0) is 25.3 Å². The van der Waals surface area contributed by atoms with Crippen molar-refractivity contribution < 1.29 is 9.53 Å². The zero-order valence-corrected chi connectivity index (χ0v) is 10.8. The highest BCUT2D eigenvalue weighted by atomic mass is 32.1. The number of carbonyl (C=O) groups excluding carboxylic acids is 1. The van der Waals surface area contributed by atoms with Crippen LogP contribution >= 0.6 is 11.3 Å². The number of carbonyl (C=O) groups is 1. The van der Waals surface area contributed by atoms with Crippen molar-refractivity contribution in [1.29, 1.82) is 0 Å². The molecule has 94 valence electrons. The maximum Gasteiger partial charge on any atom is 0.348 e. The first-order chi connectivity index (χ1) is 8.70. The van der Waals surface area contributed by atoms with Crippen molar-refractivity contribution in [3.8, 4) is 0 Å². The second kappa shape index (κ2) is 4.29. The van der Waals surface area contributed by atoms with E-state index in [2.05, 4.69) is 10.2 Å². The molecule has 0 saturated carbocycles. The van der Waals surface area contributed by atoms with Gasteiger partial charge >= 0.3 is 5.97 Å². The number of rotatable bonds is 1. The molecule has 0 spiro atoms. The minimum atomic E-state index is -0.337. The van der Waals surface area contributed by atoms with Gasteiger partial charge < -0.3 is 10.5 Å². The molecular formula is C12H13N3O2S. The molecule has 2 N–H and O–H groups in total. The molecule has 0 saturated heterocycles. The third-order valence-corrected chi connectivity index (χ3v) is 4.26. The Hall–Kier alpha value is -1.53. The normalized spacial score (nSPS) is 18.7. The number of ether oxygens (including phenoxy) is 1. The van der Waals surface area contributed by atoms with E-state index >= 15 is 0 Å². The van der Waals surface area contributed by atoms with Crippen molar-refractivity contribution >= 4 is 27.5 Å². The number of thiophene rings is 1. The first-order valence-corrected chi connectivity index (χ1v) is 6.65. The predicted molar refractivity (Wildman–Crippen MR) is 68.6 cm³/mol. The molecule has 0 amide bonds. The number of nitrogens with two attached hydrogens (primary N) is 1. The van der Waals surface area contributed by atoms with Crippen LogP contribution in [0.2, 0.25) is 0 Å². The Labute approximate surface area is 108 Å². The standard InChI is InChI=1S/C12H13N3O2S/c1-17-12(16)9-5-6-10-7(13)3-2-4-8(10)14-15-11(6)18-9/h5,7H,2-4,13H2,1H3. The molecule has 1 atom stereocenters. The van der Waals surface area contributed by atoms with E-state index in [9.17, 15) is 4.79 Å². The smallest absolute Gasteiger partial charge is 0.348 e. The number of hydrogen-bond donors (Lipinski definition) is 1. The zero-order valence-electron chi connectivity index (χ0n) is 9.97. The van der Waals surface area contributed by atoms with Gasteiger partial charge in [0.25, 0.3) is 0 Å². The van der Waals surface area contributed by atoms with E-state index in [4.69, 9.17) is 10.5 Å². The summed E-state index contributed by atoms with van der Waals surface area (Å²) >= 11 is 1.30. The van der Waals surface area contributed by atoms with Crippen LogP contribution in [0.15, 0.2) is 6.07 Å². The van der Waals surface area contributed by atoms with Crippen molar-refractivity contribution in [2.24, 2.45) is 5.73 Å². The summed E-state index contributed by atoms with van der Waals surface area (Å²) in [6, 6.07) is 1.82. The number of nitrogens with zero attached hydrogens (tertiary/aromatic N) is 2. The van der Waals surface area contributed by atoms with Crippen LogP contribution < -0.4 is 5.73 Å². The molecule has 0 fully saturated rings. The monoisotopic (exact) mass is 263 g/mol. The third kappa shape index (κ3) is 1.69. The molecule has 6 heteroatoms. The average Bonchev–Trinajstić information content (AvgIpc) is 2.81. The maximum atomic E-state index is 11.5. The number of hydrogen-bond acceptors (Lipinski definition) is 6. The van der Waals surface area contributed by atoms with E-state index in [1.54, 1.807) is 0 Å². The summed E-state index contributed by atoms with van der Waals surface area (Å²) in [5, 5.41) is 9.35. The largest absolute Gasteiger partial charge is 0.465 e. The lowest BCUT2D eigenvalue weighted by molar-refractivity contribution is 0.0606. The van der Waals surface area contributed by atoms with Crippen molar-refractivity contribution in [2.45, 2.75) is 25.3 Å². The van der Waals surface area contributed by atoms with Crippen LogP contribution in [0, 0.1) is 0 Å². The van der Waals surface area contributed by atoms with Crippen LogP contribution in [0.1, 0.15) is 39.8 Å². The molecule has 2 aromatic rings. The van der Waals surface area contributed by atoms with E-state index in [1.807, 2.05) is 6.07 Å². The summed E-state index contributed by atoms with van der Waals surface area (Å²) in [4.78, 5) is 12.8. The number of methoxy groups -OCH3 is 1. The molecule has 3 rings (SSSR count). The fourth-order valence-corrected chi connectivity index (χ4v) is 3.31. The van der Waals surface area contributed by atoms with Gasteiger partial charge in [0.2, 0.25) is 0 Å².